The molecule has 0 aliphatic carbocycles. The SMILES string of the molecule is CC(CCl)CS(=O)(=O)N1C[C@@H](C)O[C@@H](C)C1. The molecule has 0 radical (unpaired) electrons. The van der Waals surface area contributed by atoms with Gasteiger partial charge in [-0.1, -0.05) is 6.92 Å². The van der Waals surface area contributed by atoms with E-state index in [1.165, 1.54) is 4.31 Å². The van der Waals surface area contributed by atoms with E-state index in [9.17, 15) is 8.42 Å². The van der Waals surface area contributed by atoms with Gasteiger partial charge in [0.25, 0.3) is 0 Å². The predicted molar refractivity (Wildman–Crippen MR) is 65.3 cm³/mol. The number of hydrogen-bond acceptors (Lipinski definition) is 3. The van der Waals surface area contributed by atoms with Crippen LogP contribution in [-0.2, 0) is 14.8 Å². The zero-order valence-electron chi connectivity index (χ0n) is 10.0. The van der Waals surface area contributed by atoms with E-state index in [0.29, 0.717) is 19.0 Å². The Morgan fingerprint density at radius 1 is 1.38 bits per heavy atom. The van der Waals surface area contributed by atoms with Crippen LogP contribution < -0.4 is 0 Å². The lowest BCUT2D eigenvalue weighted by molar-refractivity contribution is -0.0441. The fourth-order valence-electron chi connectivity index (χ4n) is 1.87. The van der Waals surface area contributed by atoms with Gasteiger partial charge in [-0.05, 0) is 19.8 Å². The first-order valence-electron chi connectivity index (χ1n) is 5.54. The molecular formula is C10H20ClNO3S. The van der Waals surface area contributed by atoms with Gasteiger partial charge >= 0.3 is 0 Å². The van der Waals surface area contributed by atoms with Gasteiger partial charge in [-0.3, -0.25) is 0 Å². The van der Waals surface area contributed by atoms with Crippen LogP contribution in [0.3, 0.4) is 0 Å². The van der Waals surface area contributed by atoms with Gasteiger partial charge in [0.1, 0.15) is 0 Å². The fraction of sp³-hybridized carbons (Fsp3) is 1.00. The maximum Gasteiger partial charge on any atom is 0.214 e. The van der Waals surface area contributed by atoms with Crippen molar-refractivity contribution >= 4 is 21.6 Å². The summed E-state index contributed by atoms with van der Waals surface area (Å²) in [6, 6.07) is 0. The van der Waals surface area contributed by atoms with Crippen LogP contribution >= 0.6 is 11.6 Å². The van der Waals surface area contributed by atoms with Crippen molar-refractivity contribution in [3.05, 3.63) is 0 Å². The number of sulfonamides is 1. The van der Waals surface area contributed by atoms with Crippen molar-refractivity contribution in [1.82, 2.24) is 4.31 Å². The Balaban J connectivity index is 2.67. The number of halogens is 1. The van der Waals surface area contributed by atoms with E-state index in [2.05, 4.69) is 0 Å². The van der Waals surface area contributed by atoms with Crippen molar-refractivity contribution in [2.24, 2.45) is 5.92 Å². The molecule has 0 aromatic carbocycles. The molecule has 0 aromatic heterocycles. The van der Waals surface area contributed by atoms with Gasteiger partial charge < -0.3 is 4.74 Å². The molecule has 0 bridgehead atoms. The number of morpholine rings is 1. The lowest BCUT2D eigenvalue weighted by atomic mass is 10.3. The third-order valence-electron chi connectivity index (χ3n) is 2.54. The summed E-state index contributed by atoms with van der Waals surface area (Å²) in [5.41, 5.74) is 0. The number of hydrogen-bond donors (Lipinski definition) is 0. The minimum atomic E-state index is -3.19. The highest BCUT2D eigenvalue weighted by atomic mass is 35.5. The number of alkyl halides is 1. The van der Waals surface area contributed by atoms with Gasteiger partial charge in [0.2, 0.25) is 10.0 Å². The zero-order chi connectivity index (χ0) is 12.3. The molecule has 1 aliphatic rings. The fourth-order valence-corrected chi connectivity index (χ4v) is 4.03. The van der Waals surface area contributed by atoms with Crippen molar-refractivity contribution in [3.63, 3.8) is 0 Å². The topological polar surface area (TPSA) is 46.6 Å². The summed E-state index contributed by atoms with van der Waals surface area (Å²) in [6.07, 6.45) is -0.0744. The molecule has 4 nitrogen and oxygen atoms in total. The number of nitrogens with zero attached hydrogens (tertiary/aromatic N) is 1. The largest absolute Gasteiger partial charge is 0.373 e. The van der Waals surface area contributed by atoms with Crippen LogP contribution in [0.1, 0.15) is 20.8 Å². The molecule has 6 heteroatoms. The van der Waals surface area contributed by atoms with Crippen molar-refractivity contribution < 1.29 is 13.2 Å². The van der Waals surface area contributed by atoms with Crippen molar-refractivity contribution in [1.29, 1.82) is 0 Å². The van der Waals surface area contributed by atoms with Crippen LogP contribution in [0.25, 0.3) is 0 Å². The molecule has 0 aromatic rings. The summed E-state index contributed by atoms with van der Waals surface area (Å²) in [7, 11) is -3.19. The summed E-state index contributed by atoms with van der Waals surface area (Å²) >= 11 is 5.65. The second-order valence-corrected chi connectivity index (χ2v) is 6.93. The molecule has 16 heavy (non-hydrogen) atoms. The first-order valence-corrected chi connectivity index (χ1v) is 7.68. The van der Waals surface area contributed by atoms with Gasteiger partial charge in [-0.15, -0.1) is 11.6 Å². The van der Waals surface area contributed by atoms with Crippen LogP contribution in [0.15, 0.2) is 0 Å². The van der Waals surface area contributed by atoms with Crippen LogP contribution in [0.5, 0.6) is 0 Å². The average molecular weight is 270 g/mol. The zero-order valence-corrected chi connectivity index (χ0v) is 11.6. The minimum absolute atomic E-state index is 0.0138. The average Bonchev–Trinajstić information content (AvgIpc) is 2.15. The lowest BCUT2D eigenvalue weighted by Crippen LogP contribution is -2.49. The maximum absolute atomic E-state index is 12.1. The van der Waals surface area contributed by atoms with E-state index in [-0.39, 0.29) is 23.9 Å². The molecule has 1 saturated heterocycles. The Morgan fingerprint density at radius 3 is 2.31 bits per heavy atom. The Kier molecular flexibility index (Phi) is 5.04. The standard InChI is InChI=1S/C10H20ClNO3S/c1-8(4-11)7-16(13,14)12-5-9(2)15-10(3)6-12/h8-10H,4-7H2,1-3H3/t8?,9-,10+. The summed E-state index contributed by atoms with van der Waals surface area (Å²) in [4.78, 5) is 0. The van der Waals surface area contributed by atoms with Crippen molar-refractivity contribution in [3.8, 4) is 0 Å². The van der Waals surface area contributed by atoms with E-state index >= 15 is 0 Å². The predicted octanol–water partition coefficient (Wildman–Crippen LogP) is 1.30. The second-order valence-electron chi connectivity index (χ2n) is 4.61. The number of rotatable bonds is 4. The highest BCUT2D eigenvalue weighted by Crippen LogP contribution is 2.16. The van der Waals surface area contributed by atoms with Gasteiger partial charge in [-0.25, -0.2) is 8.42 Å². The maximum atomic E-state index is 12.1. The Hall–Kier alpha value is 0.160. The van der Waals surface area contributed by atoms with Gasteiger partial charge in [0.05, 0.1) is 18.0 Å². The van der Waals surface area contributed by atoms with Crippen LogP contribution in [0.2, 0.25) is 0 Å². The van der Waals surface area contributed by atoms with E-state index in [1.807, 2.05) is 20.8 Å². The highest BCUT2D eigenvalue weighted by Gasteiger charge is 2.31. The van der Waals surface area contributed by atoms with Gasteiger partial charge in [0, 0.05) is 19.0 Å². The molecule has 1 rings (SSSR count). The molecule has 3 atom stereocenters. The second kappa shape index (κ2) is 5.67. The van der Waals surface area contributed by atoms with Crippen molar-refractivity contribution in [2.75, 3.05) is 24.7 Å². The van der Waals surface area contributed by atoms with Gasteiger partial charge in [-0.2, -0.15) is 4.31 Å². The number of ether oxygens (including phenoxy) is 1. The molecule has 96 valence electrons. The lowest BCUT2D eigenvalue weighted by Gasteiger charge is -2.34. The smallest absolute Gasteiger partial charge is 0.214 e. The molecule has 1 fully saturated rings. The molecule has 1 heterocycles. The third-order valence-corrected chi connectivity index (χ3v) is 5.14. The molecule has 0 amide bonds. The molecule has 0 spiro atoms. The van der Waals surface area contributed by atoms with E-state index in [0.717, 1.165) is 0 Å². The summed E-state index contributed by atoms with van der Waals surface area (Å²) in [6.45, 7) is 6.52. The Labute approximate surface area is 103 Å². The highest BCUT2D eigenvalue weighted by molar-refractivity contribution is 7.89. The normalized spacial score (nSPS) is 30.2. The van der Waals surface area contributed by atoms with Crippen molar-refractivity contribution in [2.45, 2.75) is 33.0 Å². The van der Waals surface area contributed by atoms with E-state index in [4.69, 9.17) is 16.3 Å². The third kappa shape index (κ3) is 3.87. The van der Waals surface area contributed by atoms with Gasteiger partial charge in [0.15, 0.2) is 0 Å². The Bertz CT molecular complexity index is 310. The quantitative estimate of drug-likeness (QED) is 0.723. The minimum Gasteiger partial charge on any atom is -0.373 e. The molecule has 0 N–H and O–H groups in total. The van der Waals surface area contributed by atoms with E-state index < -0.39 is 10.0 Å². The van der Waals surface area contributed by atoms with Crippen LogP contribution in [-0.4, -0.2) is 49.7 Å². The molecule has 1 aliphatic heterocycles. The Morgan fingerprint density at radius 2 is 1.88 bits per heavy atom. The molecule has 0 saturated carbocycles. The molecule has 1 unspecified atom stereocenters. The summed E-state index contributed by atoms with van der Waals surface area (Å²) in [5, 5.41) is 0. The van der Waals surface area contributed by atoms with Crippen LogP contribution in [0.4, 0.5) is 0 Å². The van der Waals surface area contributed by atoms with Crippen LogP contribution in [0, 0.1) is 5.92 Å². The monoisotopic (exact) mass is 269 g/mol. The molecular weight excluding hydrogens is 250 g/mol. The first kappa shape index (κ1) is 14.2. The summed E-state index contributed by atoms with van der Waals surface area (Å²) in [5.74, 6) is 0.477. The summed E-state index contributed by atoms with van der Waals surface area (Å²) < 4.78 is 31.1. The van der Waals surface area contributed by atoms with E-state index in [1.54, 1.807) is 0 Å². The first-order chi connectivity index (χ1) is 7.35.